The van der Waals surface area contributed by atoms with E-state index in [0.29, 0.717) is 22.7 Å². The number of benzene rings is 3. The van der Waals surface area contributed by atoms with Gasteiger partial charge in [-0.1, -0.05) is 87.3 Å². The Morgan fingerprint density at radius 2 is 1.50 bits per heavy atom. The number of nitrogens with one attached hydrogen (secondary N) is 1. The molecule has 0 saturated heterocycles. The van der Waals surface area contributed by atoms with Crippen LogP contribution in [-0.2, 0) is 26.2 Å². The monoisotopic (exact) mass is 611 g/mol. The second-order valence-electron chi connectivity index (χ2n) is 10.9. The fourth-order valence-corrected chi connectivity index (χ4v) is 6.17. The molecule has 2 amide bonds. The molecule has 0 radical (unpaired) electrons. The van der Waals surface area contributed by atoms with Crippen molar-refractivity contribution in [1.82, 2.24) is 10.2 Å². The molecule has 2 unspecified atom stereocenters. The van der Waals surface area contributed by atoms with E-state index in [1.165, 1.54) is 4.90 Å². The van der Waals surface area contributed by atoms with Gasteiger partial charge in [0, 0.05) is 17.6 Å². The number of hydrogen-bond acceptors (Lipinski definition) is 4. The zero-order chi connectivity index (χ0) is 31.0. The summed E-state index contributed by atoms with van der Waals surface area (Å²) in [6.07, 6.45) is 1.07. The maximum absolute atomic E-state index is 14.2. The average Bonchev–Trinajstić information content (AvgIpc) is 2.96. The van der Waals surface area contributed by atoms with Gasteiger partial charge in [-0.05, 0) is 74.1 Å². The van der Waals surface area contributed by atoms with E-state index in [9.17, 15) is 18.0 Å². The van der Waals surface area contributed by atoms with Crippen LogP contribution in [0.5, 0.6) is 0 Å². The molecule has 0 heterocycles. The van der Waals surface area contributed by atoms with Gasteiger partial charge in [0.15, 0.2) is 0 Å². The van der Waals surface area contributed by atoms with E-state index in [4.69, 9.17) is 11.6 Å². The molecule has 42 heavy (non-hydrogen) atoms. The van der Waals surface area contributed by atoms with Crippen LogP contribution in [0.15, 0.2) is 77.7 Å². The Hall–Kier alpha value is -3.36. The molecule has 0 aliphatic carbocycles. The first-order chi connectivity index (χ1) is 19.9. The van der Waals surface area contributed by atoms with E-state index in [2.05, 4.69) is 19.2 Å². The highest BCUT2D eigenvalue weighted by atomic mass is 35.5. The number of halogens is 1. The Morgan fingerprint density at radius 1 is 0.881 bits per heavy atom. The highest BCUT2D eigenvalue weighted by molar-refractivity contribution is 7.92. The van der Waals surface area contributed by atoms with E-state index in [1.807, 2.05) is 45.9 Å². The van der Waals surface area contributed by atoms with Crippen LogP contribution >= 0.6 is 11.6 Å². The lowest BCUT2D eigenvalue weighted by Crippen LogP contribution is -2.53. The molecule has 3 rings (SSSR count). The number of rotatable bonds is 13. The molecule has 226 valence electrons. The molecule has 0 aliphatic rings. The number of amides is 2. The summed E-state index contributed by atoms with van der Waals surface area (Å²) in [6, 6.07) is 20.0. The topological polar surface area (TPSA) is 86.8 Å². The minimum atomic E-state index is -4.13. The fraction of sp³-hybridized carbons (Fsp3) is 0.394. The summed E-state index contributed by atoms with van der Waals surface area (Å²) in [5, 5.41) is 3.44. The minimum absolute atomic E-state index is 0.0512. The Bertz CT molecular complexity index is 1460. The van der Waals surface area contributed by atoms with Crippen LogP contribution in [-0.4, -0.2) is 43.8 Å². The molecule has 3 aromatic carbocycles. The van der Waals surface area contributed by atoms with Crippen molar-refractivity contribution in [3.63, 3.8) is 0 Å². The van der Waals surface area contributed by atoms with Gasteiger partial charge in [0.25, 0.3) is 10.0 Å². The Morgan fingerprint density at radius 3 is 2.05 bits per heavy atom. The lowest BCUT2D eigenvalue weighted by Gasteiger charge is -2.34. The second-order valence-corrected chi connectivity index (χ2v) is 13.2. The van der Waals surface area contributed by atoms with Crippen molar-refractivity contribution in [1.29, 1.82) is 0 Å². The van der Waals surface area contributed by atoms with Crippen molar-refractivity contribution in [3.8, 4) is 0 Å². The van der Waals surface area contributed by atoms with Gasteiger partial charge in [-0.2, -0.15) is 0 Å². The molecule has 2 atom stereocenters. The quantitative estimate of drug-likeness (QED) is 0.233. The molecule has 3 aromatic rings. The zero-order valence-corrected chi connectivity index (χ0v) is 26.9. The summed E-state index contributed by atoms with van der Waals surface area (Å²) in [5.41, 5.74) is 2.99. The molecular formula is C33H42ClN3O4S. The Balaban J connectivity index is 2.08. The molecular weight excluding hydrogens is 570 g/mol. The summed E-state index contributed by atoms with van der Waals surface area (Å²) in [6.45, 7) is 11.3. The van der Waals surface area contributed by atoms with Crippen LogP contribution in [0.4, 0.5) is 5.69 Å². The number of carbonyl (C=O) groups is 2. The van der Waals surface area contributed by atoms with E-state index in [1.54, 1.807) is 54.6 Å². The highest BCUT2D eigenvalue weighted by Gasteiger charge is 2.34. The first-order valence-electron chi connectivity index (χ1n) is 14.4. The largest absolute Gasteiger partial charge is 0.352 e. The zero-order valence-electron chi connectivity index (χ0n) is 25.3. The summed E-state index contributed by atoms with van der Waals surface area (Å²) in [4.78, 5) is 29.1. The minimum Gasteiger partial charge on any atom is -0.352 e. The van der Waals surface area contributed by atoms with Gasteiger partial charge in [0.1, 0.15) is 12.6 Å². The summed E-state index contributed by atoms with van der Waals surface area (Å²) in [5.74, 6) is -0.547. The SMILES string of the molecule is CCC(C)NC(=O)C(CC)N(Cc1ccccc1Cl)C(=O)CN(c1ccc(C(C)C)cc1)S(=O)(=O)c1ccc(C)cc1. The smallest absolute Gasteiger partial charge is 0.264 e. The predicted octanol–water partition coefficient (Wildman–Crippen LogP) is 6.69. The van der Waals surface area contributed by atoms with Crippen molar-refractivity contribution in [3.05, 3.63) is 94.5 Å². The number of carbonyl (C=O) groups excluding carboxylic acids is 2. The van der Waals surface area contributed by atoms with E-state index in [-0.39, 0.29) is 29.3 Å². The third-order valence-electron chi connectivity index (χ3n) is 7.42. The summed E-state index contributed by atoms with van der Waals surface area (Å²) in [7, 11) is -4.13. The Labute approximate surface area is 255 Å². The molecule has 9 heteroatoms. The van der Waals surface area contributed by atoms with Gasteiger partial charge in [-0.15, -0.1) is 0 Å². The van der Waals surface area contributed by atoms with Gasteiger partial charge in [-0.25, -0.2) is 8.42 Å². The van der Waals surface area contributed by atoms with Crippen LogP contribution in [0.2, 0.25) is 5.02 Å². The molecule has 7 nitrogen and oxygen atoms in total. The van der Waals surface area contributed by atoms with Gasteiger partial charge in [0.05, 0.1) is 10.6 Å². The van der Waals surface area contributed by atoms with Crippen molar-refractivity contribution in [2.75, 3.05) is 10.8 Å². The lowest BCUT2D eigenvalue weighted by atomic mass is 10.0. The van der Waals surface area contributed by atoms with E-state index >= 15 is 0 Å². The van der Waals surface area contributed by atoms with Crippen LogP contribution in [0.3, 0.4) is 0 Å². The van der Waals surface area contributed by atoms with Gasteiger partial charge < -0.3 is 10.2 Å². The molecule has 0 spiro atoms. The van der Waals surface area contributed by atoms with Crippen molar-refractivity contribution >= 4 is 39.1 Å². The van der Waals surface area contributed by atoms with Gasteiger partial charge in [-0.3, -0.25) is 13.9 Å². The van der Waals surface area contributed by atoms with Crippen LogP contribution in [0, 0.1) is 6.92 Å². The van der Waals surface area contributed by atoms with Gasteiger partial charge >= 0.3 is 0 Å². The molecule has 0 fully saturated rings. The Kier molecular flexibility index (Phi) is 11.6. The first-order valence-corrected chi connectivity index (χ1v) is 16.2. The predicted molar refractivity (Wildman–Crippen MR) is 170 cm³/mol. The van der Waals surface area contributed by atoms with Crippen molar-refractivity contribution in [2.45, 2.75) is 83.8 Å². The molecule has 0 saturated carbocycles. The normalized spacial score (nSPS) is 13.0. The van der Waals surface area contributed by atoms with Crippen molar-refractivity contribution in [2.24, 2.45) is 0 Å². The second kappa shape index (κ2) is 14.7. The van der Waals surface area contributed by atoms with Crippen molar-refractivity contribution < 1.29 is 18.0 Å². The van der Waals surface area contributed by atoms with E-state index in [0.717, 1.165) is 21.9 Å². The standard InChI is InChI=1S/C33H42ClN3O4S/c1-7-25(6)35-33(39)31(8-2)36(21-27-11-9-10-12-30(27)34)32(38)22-37(28-17-15-26(16-18-28)23(3)4)42(40,41)29-19-13-24(5)14-20-29/h9-20,23,25,31H,7-8,21-22H2,1-6H3,(H,35,39). The first kappa shape index (κ1) is 33.1. The summed E-state index contributed by atoms with van der Waals surface area (Å²) >= 11 is 6.47. The fourth-order valence-electron chi connectivity index (χ4n) is 4.56. The maximum Gasteiger partial charge on any atom is 0.264 e. The number of hydrogen-bond donors (Lipinski definition) is 1. The van der Waals surface area contributed by atoms with Gasteiger partial charge in [0.2, 0.25) is 11.8 Å². The average molecular weight is 612 g/mol. The third kappa shape index (κ3) is 8.13. The molecule has 0 aliphatic heterocycles. The third-order valence-corrected chi connectivity index (χ3v) is 9.58. The highest BCUT2D eigenvalue weighted by Crippen LogP contribution is 2.27. The van der Waals surface area contributed by atoms with Crippen LogP contribution < -0.4 is 9.62 Å². The molecule has 1 N–H and O–H groups in total. The maximum atomic E-state index is 14.2. The van der Waals surface area contributed by atoms with E-state index < -0.39 is 28.5 Å². The number of nitrogens with zero attached hydrogens (tertiary/aromatic N) is 2. The molecule has 0 aromatic heterocycles. The summed E-state index contributed by atoms with van der Waals surface area (Å²) < 4.78 is 29.2. The molecule has 0 bridgehead atoms. The lowest BCUT2D eigenvalue weighted by molar-refractivity contribution is -0.140. The number of sulfonamides is 1. The number of anilines is 1. The van der Waals surface area contributed by atoms with Crippen LogP contribution in [0.25, 0.3) is 0 Å². The van der Waals surface area contributed by atoms with Crippen LogP contribution in [0.1, 0.15) is 70.1 Å². The number of aryl methyl sites for hydroxylation is 1.